The first-order valence-electron chi connectivity index (χ1n) is 9.47. The first-order chi connectivity index (χ1) is 13.3. The third-order valence-electron chi connectivity index (χ3n) is 5.44. The molecule has 2 amide bonds. The number of nitrogens with one attached hydrogen (secondary N) is 1. The van der Waals surface area contributed by atoms with E-state index < -0.39 is 27.8 Å². The van der Waals surface area contributed by atoms with Gasteiger partial charge in [-0.2, -0.15) is 4.31 Å². The number of quaternary nitrogens is 1. The van der Waals surface area contributed by atoms with Crippen molar-refractivity contribution < 1.29 is 27.3 Å². The predicted molar refractivity (Wildman–Crippen MR) is 99.3 cm³/mol. The molecule has 2 fully saturated rings. The standard InChI is InChI=1S/C18H25FN4O4S/c19-14-5-1-2-7-16(14)28(26,27)22-11-9-21(10-12-22)13-17(24)23-8-4-3-6-15(23)18(20)25/h1-2,5,7,15H,3-4,6,8-13H2,(H2,20,25)/p+1/t15-/m1/s1. The number of sulfonamides is 1. The molecule has 0 unspecified atom stereocenters. The van der Waals surface area contributed by atoms with Crippen molar-refractivity contribution in [2.24, 2.45) is 5.73 Å². The Kier molecular flexibility index (Phi) is 6.31. The molecule has 28 heavy (non-hydrogen) atoms. The second-order valence-electron chi connectivity index (χ2n) is 7.26. The van der Waals surface area contributed by atoms with Crippen LogP contribution in [-0.4, -0.2) is 74.7 Å². The van der Waals surface area contributed by atoms with Gasteiger partial charge in [-0.3, -0.25) is 9.59 Å². The van der Waals surface area contributed by atoms with E-state index in [1.165, 1.54) is 22.5 Å². The maximum atomic E-state index is 13.9. The number of piperazine rings is 1. The van der Waals surface area contributed by atoms with E-state index in [4.69, 9.17) is 5.73 Å². The first-order valence-corrected chi connectivity index (χ1v) is 10.9. The number of piperidine rings is 1. The van der Waals surface area contributed by atoms with Gasteiger partial charge in [-0.25, -0.2) is 12.8 Å². The zero-order chi connectivity index (χ0) is 20.3. The number of carbonyl (C=O) groups excluding carboxylic acids is 2. The van der Waals surface area contributed by atoms with E-state index >= 15 is 0 Å². The van der Waals surface area contributed by atoms with Gasteiger partial charge >= 0.3 is 0 Å². The summed E-state index contributed by atoms with van der Waals surface area (Å²) in [5.41, 5.74) is 5.42. The molecule has 3 rings (SSSR count). The fourth-order valence-electron chi connectivity index (χ4n) is 3.85. The van der Waals surface area contributed by atoms with E-state index in [2.05, 4.69) is 0 Å². The normalized spacial score (nSPS) is 22.2. The van der Waals surface area contributed by atoms with Gasteiger partial charge in [0.05, 0.1) is 26.2 Å². The molecule has 0 spiro atoms. The fourth-order valence-corrected chi connectivity index (χ4v) is 5.36. The minimum atomic E-state index is -3.90. The largest absolute Gasteiger partial charge is 0.368 e. The summed E-state index contributed by atoms with van der Waals surface area (Å²) in [5.74, 6) is -1.39. The average Bonchev–Trinajstić information content (AvgIpc) is 2.68. The lowest BCUT2D eigenvalue weighted by Crippen LogP contribution is -3.15. The van der Waals surface area contributed by atoms with Crippen LogP contribution in [-0.2, 0) is 19.6 Å². The third-order valence-corrected chi connectivity index (χ3v) is 7.37. The molecule has 0 radical (unpaired) electrons. The number of likely N-dealkylation sites (tertiary alicyclic amines) is 1. The molecule has 0 aromatic heterocycles. The van der Waals surface area contributed by atoms with Crippen LogP contribution in [0.3, 0.4) is 0 Å². The van der Waals surface area contributed by atoms with Crippen molar-refractivity contribution in [3.63, 3.8) is 0 Å². The molecule has 0 saturated carbocycles. The average molecular weight is 413 g/mol. The van der Waals surface area contributed by atoms with Gasteiger partial charge < -0.3 is 15.5 Å². The van der Waals surface area contributed by atoms with Crippen LogP contribution >= 0.6 is 0 Å². The number of rotatable bonds is 5. The molecule has 2 aliphatic rings. The molecule has 2 aliphatic heterocycles. The number of hydrogen-bond acceptors (Lipinski definition) is 4. The monoisotopic (exact) mass is 413 g/mol. The molecular weight excluding hydrogens is 387 g/mol. The van der Waals surface area contributed by atoms with Crippen LogP contribution in [0.25, 0.3) is 0 Å². The van der Waals surface area contributed by atoms with Crippen molar-refractivity contribution >= 4 is 21.8 Å². The quantitative estimate of drug-likeness (QED) is 0.618. The Labute approximate surface area is 164 Å². The van der Waals surface area contributed by atoms with E-state index in [0.29, 0.717) is 26.1 Å². The van der Waals surface area contributed by atoms with Crippen molar-refractivity contribution in [1.82, 2.24) is 9.21 Å². The Morgan fingerprint density at radius 3 is 2.46 bits per heavy atom. The SMILES string of the molecule is NC(=O)[C@H]1CCCCN1C(=O)C[NH+]1CCN(S(=O)(=O)c2ccccc2F)CC1. The van der Waals surface area contributed by atoms with Gasteiger partial charge in [-0.15, -0.1) is 0 Å². The molecule has 10 heteroatoms. The molecule has 2 heterocycles. The Hall–Kier alpha value is -2.04. The molecule has 0 aliphatic carbocycles. The number of benzene rings is 1. The smallest absolute Gasteiger partial charge is 0.278 e. The van der Waals surface area contributed by atoms with Crippen LogP contribution in [0.5, 0.6) is 0 Å². The van der Waals surface area contributed by atoms with Crippen molar-refractivity contribution in [2.75, 3.05) is 39.3 Å². The minimum Gasteiger partial charge on any atom is -0.368 e. The number of nitrogens with zero attached hydrogens (tertiary/aromatic N) is 2. The van der Waals surface area contributed by atoms with E-state index in [0.717, 1.165) is 23.8 Å². The van der Waals surface area contributed by atoms with Gasteiger partial charge in [0.1, 0.15) is 16.8 Å². The fraction of sp³-hybridized carbons (Fsp3) is 0.556. The van der Waals surface area contributed by atoms with E-state index in [1.54, 1.807) is 4.90 Å². The molecular formula is C18H26FN4O4S+. The van der Waals surface area contributed by atoms with Gasteiger partial charge in [0.25, 0.3) is 5.91 Å². The summed E-state index contributed by atoms with van der Waals surface area (Å²) in [6.45, 7) is 2.00. The maximum Gasteiger partial charge on any atom is 0.278 e. The number of hydrogen-bond donors (Lipinski definition) is 2. The predicted octanol–water partition coefficient (Wildman–Crippen LogP) is -1.42. The van der Waals surface area contributed by atoms with Crippen molar-refractivity contribution in [3.8, 4) is 0 Å². The Bertz CT molecular complexity index is 840. The highest BCUT2D eigenvalue weighted by molar-refractivity contribution is 7.89. The number of halogens is 1. The summed E-state index contributed by atoms with van der Waals surface area (Å²) in [6.07, 6.45) is 2.31. The lowest BCUT2D eigenvalue weighted by Gasteiger charge is -2.36. The molecule has 8 nitrogen and oxygen atoms in total. The van der Waals surface area contributed by atoms with Gasteiger partial charge in [-0.1, -0.05) is 12.1 Å². The zero-order valence-corrected chi connectivity index (χ0v) is 16.5. The van der Waals surface area contributed by atoms with Gasteiger partial charge in [0.2, 0.25) is 15.9 Å². The third kappa shape index (κ3) is 4.34. The second-order valence-corrected chi connectivity index (χ2v) is 9.17. The van der Waals surface area contributed by atoms with E-state index in [9.17, 15) is 22.4 Å². The van der Waals surface area contributed by atoms with Crippen LogP contribution in [0.1, 0.15) is 19.3 Å². The van der Waals surface area contributed by atoms with Crippen LogP contribution in [0, 0.1) is 5.82 Å². The number of carbonyl (C=O) groups is 2. The molecule has 1 atom stereocenters. The summed E-state index contributed by atoms with van der Waals surface area (Å²) < 4.78 is 40.5. The summed E-state index contributed by atoms with van der Waals surface area (Å²) in [4.78, 5) is 26.4. The van der Waals surface area contributed by atoms with Crippen molar-refractivity contribution in [2.45, 2.75) is 30.2 Å². The summed E-state index contributed by atoms with van der Waals surface area (Å²) in [5, 5.41) is 0. The van der Waals surface area contributed by atoms with Gasteiger partial charge in [-0.05, 0) is 31.4 Å². The molecule has 2 saturated heterocycles. The van der Waals surface area contributed by atoms with Crippen LogP contribution < -0.4 is 10.6 Å². The van der Waals surface area contributed by atoms with Crippen molar-refractivity contribution in [1.29, 1.82) is 0 Å². The lowest BCUT2D eigenvalue weighted by atomic mass is 10.0. The number of primary amides is 1. The first kappa shape index (κ1) is 20.7. The Morgan fingerprint density at radius 2 is 1.82 bits per heavy atom. The molecule has 0 bridgehead atoms. The van der Waals surface area contributed by atoms with E-state index in [-0.39, 0.29) is 30.4 Å². The molecule has 154 valence electrons. The van der Waals surface area contributed by atoms with Crippen LogP contribution in [0.2, 0.25) is 0 Å². The Morgan fingerprint density at radius 1 is 1.14 bits per heavy atom. The highest BCUT2D eigenvalue weighted by atomic mass is 32.2. The van der Waals surface area contributed by atoms with Crippen LogP contribution in [0.15, 0.2) is 29.2 Å². The molecule has 1 aromatic rings. The molecule has 1 aromatic carbocycles. The topological polar surface area (TPSA) is 105 Å². The summed E-state index contributed by atoms with van der Waals surface area (Å²) in [7, 11) is -3.90. The van der Waals surface area contributed by atoms with Gasteiger partial charge in [0.15, 0.2) is 6.54 Å². The summed E-state index contributed by atoms with van der Waals surface area (Å²) >= 11 is 0. The number of nitrogens with two attached hydrogens (primary N) is 1. The highest BCUT2D eigenvalue weighted by Crippen LogP contribution is 2.19. The van der Waals surface area contributed by atoms with Crippen molar-refractivity contribution in [3.05, 3.63) is 30.1 Å². The Balaban J connectivity index is 1.59. The van der Waals surface area contributed by atoms with E-state index in [1.807, 2.05) is 0 Å². The summed E-state index contributed by atoms with van der Waals surface area (Å²) in [6, 6.07) is 4.77. The zero-order valence-electron chi connectivity index (χ0n) is 15.6. The van der Waals surface area contributed by atoms with Crippen LogP contribution in [0.4, 0.5) is 4.39 Å². The lowest BCUT2D eigenvalue weighted by molar-refractivity contribution is -0.896. The number of amides is 2. The highest BCUT2D eigenvalue weighted by Gasteiger charge is 2.35. The van der Waals surface area contributed by atoms with Gasteiger partial charge in [0, 0.05) is 6.54 Å². The maximum absolute atomic E-state index is 13.9. The molecule has 3 N–H and O–H groups in total. The second kappa shape index (κ2) is 8.54. The minimum absolute atomic E-state index is 0.135.